The van der Waals surface area contributed by atoms with Crippen molar-refractivity contribution in [1.29, 1.82) is 0 Å². The van der Waals surface area contributed by atoms with Crippen LogP contribution in [0.4, 0.5) is 0 Å². The minimum atomic E-state index is -1.07. The smallest absolute Gasteiger partial charge is 0.263 e. The Balaban J connectivity index is 1.42. The van der Waals surface area contributed by atoms with Gasteiger partial charge >= 0.3 is 0 Å². The molecular weight excluding hydrogens is 470 g/mol. The van der Waals surface area contributed by atoms with Gasteiger partial charge in [-0.25, -0.2) is 0 Å². The van der Waals surface area contributed by atoms with Crippen LogP contribution in [-0.2, 0) is 16.9 Å². The average molecular weight is 502 g/mol. The van der Waals surface area contributed by atoms with Crippen LogP contribution in [0.1, 0.15) is 45.6 Å². The second kappa shape index (κ2) is 10.4. The van der Waals surface area contributed by atoms with Gasteiger partial charge in [0.15, 0.2) is 5.54 Å². The third-order valence-corrected chi connectivity index (χ3v) is 7.34. The summed E-state index contributed by atoms with van der Waals surface area (Å²) in [5.41, 5.74) is 3.13. The molecule has 1 fully saturated rings. The molecule has 1 N–H and O–H groups in total. The molecule has 1 heterocycles. The molecule has 0 unspecified atom stereocenters. The summed E-state index contributed by atoms with van der Waals surface area (Å²) < 4.78 is 0. The average Bonchev–Trinajstić information content (AvgIpc) is 3.23. The van der Waals surface area contributed by atoms with E-state index < -0.39 is 5.54 Å². The van der Waals surface area contributed by atoms with E-state index in [4.69, 9.17) is 0 Å². The molecule has 0 spiro atoms. The lowest BCUT2D eigenvalue weighted by Gasteiger charge is -2.28. The molecule has 1 saturated heterocycles. The number of hydrogen-bond donors (Lipinski definition) is 1. The van der Waals surface area contributed by atoms with Gasteiger partial charge in [-0.2, -0.15) is 0 Å². The van der Waals surface area contributed by atoms with E-state index in [0.717, 1.165) is 22.3 Å². The van der Waals surface area contributed by atoms with Gasteiger partial charge in [-0.05, 0) is 41.3 Å². The first-order valence-electron chi connectivity index (χ1n) is 12.7. The molecule has 0 saturated carbocycles. The van der Waals surface area contributed by atoms with Crippen LogP contribution in [0, 0.1) is 0 Å². The van der Waals surface area contributed by atoms with Crippen molar-refractivity contribution >= 4 is 11.8 Å². The monoisotopic (exact) mass is 501 g/mol. The Morgan fingerprint density at radius 3 is 2.00 bits per heavy atom. The lowest BCUT2D eigenvalue weighted by molar-refractivity contribution is -0.131. The van der Waals surface area contributed by atoms with Gasteiger partial charge in [0.1, 0.15) is 5.82 Å². The van der Waals surface area contributed by atoms with Gasteiger partial charge in [0.05, 0.1) is 12.6 Å². The normalized spacial score (nSPS) is 15.2. The molecule has 4 aromatic rings. The van der Waals surface area contributed by atoms with Crippen LogP contribution in [-0.4, -0.2) is 28.7 Å². The Bertz CT molecular complexity index is 1410. The summed E-state index contributed by atoms with van der Waals surface area (Å²) in [6, 6.07) is 36.8. The number of amides is 2. The predicted molar refractivity (Wildman–Crippen MR) is 150 cm³/mol. The highest BCUT2D eigenvalue weighted by Gasteiger charge is 2.51. The van der Waals surface area contributed by atoms with Crippen LogP contribution < -0.4 is 5.32 Å². The number of carbonyl (C=O) groups is 2. The van der Waals surface area contributed by atoms with Crippen LogP contribution in [0.25, 0.3) is 0 Å². The Morgan fingerprint density at radius 2 is 1.42 bits per heavy atom. The zero-order chi connectivity index (χ0) is 26.7. The number of carbonyl (C=O) groups excluding carboxylic acids is 2. The van der Waals surface area contributed by atoms with Crippen molar-refractivity contribution in [3.8, 4) is 0 Å². The molecule has 0 aliphatic carbocycles. The van der Waals surface area contributed by atoms with Gasteiger partial charge in [0.2, 0.25) is 0 Å². The fourth-order valence-electron chi connectivity index (χ4n) is 5.08. The van der Waals surface area contributed by atoms with Crippen molar-refractivity contribution in [3.05, 3.63) is 155 Å². The highest BCUT2D eigenvalue weighted by atomic mass is 16.2. The minimum absolute atomic E-state index is 0.0733. The SMILES string of the molecule is C=C1NC(c2ccccc2)(c2ccccc2)C(=O)N1Cc1cccc(C(=O)N(C)[C@@H](C)c2ccccc2)c1. The highest BCUT2D eigenvalue weighted by Crippen LogP contribution is 2.38. The summed E-state index contributed by atoms with van der Waals surface area (Å²) in [7, 11) is 1.82. The zero-order valence-corrected chi connectivity index (χ0v) is 21.7. The van der Waals surface area contributed by atoms with Crippen LogP contribution in [0.3, 0.4) is 0 Å². The third kappa shape index (κ3) is 4.48. The molecule has 190 valence electrons. The van der Waals surface area contributed by atoms with Crippen LogP contribution in [0.5, 0.6) is 0 Å². The molecule has 0 radical (unpaired) electrons. The van der Waals surface area contributed by atoms with Crippen LogP contribution in [0.15, 0.2) is 128 Å². The maximum absolute atomic E-state index is 14.1. The van der Waals surface area contributed by atoms with E-state index in [1.807, 2.05) is 129 Å². The van der Waals surface area contributed by atoms with Crippen molar-refractivity contribution < 1.29 is 9.59 Å². The van der Waals surface area contributed by atoms with Crippen LogP contribution >= 0.6 is 0 Å². The number of nitrogens with one attached hydrogen (secondary N) is 1. The minimum Gasteiger partial charge on any atom is -0.350 e. The summed E-state index contributed by atoms with van der Waals surface area (Å²) in [4.78, 5) is 30.9. The van der Waals surface area contributed by atoms with Crippen molar-refractivity contribution in [3.63, 3.8) is 0 Å². The molecule has 0 bridgehead atoms. The fourth-order valence-corrected chi connectivity index (χ4v) is 5.08. The van der Waals surface area contributed by atoms with E-state index in [-0.39, 0.29) is 17.9 Å². The number of rotatable bonds is 7. The Labute approximate surface area is 224 Å². The topological polar surface area (TPSA) is 52.7 Å². The molecule has 5 heteroatoms. The maximum Gasteiger partial charge on any atom is 0.263 e. The Morgan fingerprint density at radius 1 is 0.868 bits per heavy atom. The molecule has 5 nitrogen and oxygen atoms in total. The quantitative estimate of drug-likeness (QED) is 0.345. The van der Waals surface area contributed by atoms with Gasteiger partial charge in [0, 0.05) is 12.6 Å². The number of nitrogens with zero attached hydrogens (tertiary/aromatic N) is 2. The van der Waals surface area contributed by atoms with Gasteiger partial charge in [-0.3, -0.25) is 14.5 Å². The van der Waals surface area contributed by atoms with E-state index in [9.17, 15) is 9.59 Å². The van der Waals surface area contributed by atoms with E-state index in [1.165, 1.54) is 0 Å². The summed E-state index contributed by atoms with van der Waals surface area (Å²) >= 11 is 0. The second-order valence-electron chi connectivity index (χ2n) is 9.65. The van der Waals surface area contributed by atoms with Crippen molar-refractivity contribution in [2.24, 2.45) is 0 Å². The number of benzene rings is 4. The van der Waals surface area contributed by atoms with Crippen LogP contribution in [0.2, 0.25) is 0 Å². The van der Waals surface area contributed by atoms with E-state index in [2.05, 4.69) is 11.9 Å². The van der Waals surface area contributed by atoms with Crippen molar-refractivity contribution in [2.45, 2.75) is 25.0 Å². The highest BCUT2D eigenvalue weighted by molar-refractivity contribution is 5.96. The van der Waals surface area contributed by atoms with Crippen molar-refractivity contribution in [2.75, 3.05) is 7.05 Å². The first kappa shape index (κ1) is 25.0. The maximum atomic E-state index is 14.1. The number of hydrogen-bond acceptors (Lipinski definition) is 3. The molecule has 1 aliphatic rings. The van der Waals surface area contributed by atoms with Gasteiger partial charge in [-0.15, -0.1) is 0 Å². The summed E-state index contributed by atoms with van der Waals surface area (Å²) in [5, 5.41) is 3.42. The molecule has 38 heavy (non-hydrogen) atoms. The summed E-state index contributed by atoms with van der Waals surface area (Å²) in [6.45, 7) is 6.50. The standard InChI is InChI=1S/C33H31N3O2/c1-24(27-15-7-4-8-16-27)35(3)31(37)28-17-13-14-26(22-28)23-36-25(2)34-33(32(36)38,29-18-9-5-10-19-29)30-20-11-6-12-21-30/h4-22,24,34H,2,23H2,1,3H3/t24-/m0/s1. The van der Waals surface area contributed by atoms with E-state index >= 15 is 0 Å². The molecule has 1 aliphatic heterocycles. The van der Waals surface area contributed by atoms with E-state index in [1.54, 1.807) is 9.80 Å². The zero-order valence-electron chi connectivity index (χ0n) is 21.7. The lowest BCUT2D eigenvalue weighted by Crippen LogP contribution is -2.44. The first-order chi connectivity index (χ1) is 18.4. The lowest BCUT2D eigenvalue weighted by atomic mass is 9.82. The Kier molecular flexibility index (Phi) is 6.84. The second-order valence-corrected chi connectivity index (χ2v) is 9.65. The Hall–Kier alpha value is -4.64. The molecule has 0 aromatic heterocycles. The molecule has 1 atom stereocenters. The first-order valence-corrected chi connectivity index (χ1v) is 12.7. The summed E-state index contributed by atoms with van der Waals surface area (Å²) in [6.07, 6.45) is 0. The molecule has 5 rings (SSSR count). The van der Waals surface area contributed by atoms with Gasteiger partial charge < -0.3 is 10.2 Å². The fraction of sp³-hybridized carbons (Fsp3) is 0.152. The summed E-state index contributed by atoms with van der Waals surface area (Å²) in [5.74, 6) is 0.344. The predicted octanol–water partition coefficient (Wildman–Crippen LogP) is 5.87. The third-order valence-electron chi connectivity index (χ3n) is 7.34. The van der Waals surface area contributed by atoms with Crippen molar-refractivity contribution in [1.82, 2.24) is 15.1 Å². The molecule has 2 amide bonds. The molecule has 4 aromatic carbocycles. The molecular formula is C33H31N3O2. The van der Waals surface area contributed by atoms with Gasteiger partial charge in [-0.1, -0.05) is 110 Å². The van der Waals surface area contributed by atoms with E-state index in [0.29, 0.717) is 17.9 Å². The largest absolute Gasteiger partial charge is 0.350 e. The van der Waals surface area contributed by atoms with Gasteiger partial charge in [0.25, 0.3) is 11.8 Å².